The first-order valence-electron chi connectivity index (χ1n) is 5.63. The first kappa shape index (κ1) is 10.8. The number of hydrogen-bond acceptors (Lipinski definition) is 4. The quantitative estimate of drug-likeness (QED) is 0.873. The molecule has 0 atom stereocenters. The van der Waals surface area contributed by atoms with Gasteiger partial charge in [0.25, 0.3) is 0 Å². The zero-order valence-corrected chi connectivity index (χ0v) is 9.98. The molecule has 0 bridgehead atoms. The van der Waals surface area contributed by atoms with Crippen molar-refractivity contribution in [3.8, 4) is 0 Å². The Morgan fingerprint density at radius 1 is 1.47 bits per heavy atom. The lowest BCUT2D eigenvalue weighted by molar-refractivity contribution is -0.0203. The molecule has 17 heavy (non-hydrogen) atoms. The highest BCUT2D eigenvalue weighted by molar-refractivity contribution is 6.30. The molecular formula is C11H13ClN4O. The summed E-state index contributed by atoms with van der Waals surface area (Å²) < 4.78 is 1.62. The van der Waals surface area contributed by atoms with Crippen LogP contribution >= 0.6 is 11.6 Å². The summed E-state index contributed by atoms with van der Waals surface area (Å²) >= 11 is 5.86. The van der Waals surface area contributed by atoms with Crippen LogP contribution in [-0.4, -0.2) is 31.9 Å². The first-order chi connectivity index (χ1) is 8.15. The third-order valence-electron chi connectivity index (χ3n) is 3.15. The molecule has 0 saturated heterocycles. The van der Waals surface area contributed by atoms with Gasteiger partial charge in [0.15, 0.2) is 5.65 Å². The average molecular weight is 253 g/mol. The average Bonchev–Trinajstić information content (AvgIpc) is 2.65. The fraction of sp³-hybridized carbons (Fsp3) is 0.455. The molecule has 1 fully saturated rings. The number of halogens is 1. The Morgan fingerprint density at radius 3 is 3.00 bits per heavy atom. The Hall–Kier alpha value is -1.33. The lowest BCUT2D eigenvalue weighted by atomic mass is 9.80. The van der Waals surface area contributed by atoms with Crippen LogP contribution in [0.4, 0.5) is 5.95 Å². The van der Waals surface area contributed by atoms with Crippen molar-refractivity contribution in [3.05, 3.63) is 23.4 Å². The van der Waals surface area contributed by atoms with Crippen molar-refractivity contribution < 1.29 is 5.11 Å². The summed E-state index contributed by atoms with van der Waals surface area (Å²) in [6, 6.07) is 3.58. The maximum absolute atomic E-state index is 9.94. The van der Waals surface area contributed by atoms with Crippen LogP contribution in [0.1, 0.15) is 19.3 Å². The SMILES string of the molecule is OC1(CNc2nc3ccc(Cl)cn3n2)CCC1. The standard InChI is InChI=1S/C11H13ClN4O/c12-8-2-3-9-14-10(15-16(9)6-8)13-7-11(17)4-1-5-11/h2-3,6,17H,1,4-5,7H2,(H,13,15). The molecule has 1 aliphatic carbocycles. The molecule has 2 N–H and O–H groups in total. The molecule has 0 amide bonds. The van der Waals surface area contributed by atoms with E-state index in [1.807, 2.05) is 0 Å². The Bertz CT molecular complexity index is 549. The minimum Gasteiger partial charge on any atom is -0.388 e. The van der Waals surface area contributed by atoms with E-state index in [1.165, 1.54) is 0 Å². The van der Waals surface area contributed by atoms with Gasteiger partial charge < -0.3 is 10.4 Å². The van der Waals surface area contributed by atoms with Crippen molar-refractivity contribution >= 4 is 23.2 Å². The predicted molar refractivity (Wildman–Crippen MR) is 65.3 cm³/mol. The number of hydrogen-bond donors (Lipinski definition) is 2. The zero-order valence-electron chi connectivity index (χ0n) is 9.23. The van der Waals surface area contributed by atoms with Crippen LogP contribution in [0.5, 0.6) is 0 Å². The maximum Gasteiger partial charge on any atom is 0.243 e. The molecule has 6 heteroatoms. The third-order valence-corrected chi connectivity index (χ3v) is 3.38. The van der Waals surface area contributed by atoms with E-state index in [0.717, 1.165) is 24.9 Å². The molecule has 0 radical (unpaired) electrons. The largest absolute Gasteiger partial charge is 0.388 e. The van der Waals surface area contributed by atoms with Crippen LogP contribution in [0.15, 0.2) is 18.3 Å². The zero-order chi connectivity index (χ0) is 11.9. The fourth-order valence-electron chi connectivity index (χ4n) is 1.94. The van der Waals surface area contributed by atoms with Crippen molar-refractivity contribution in [1.82, 2.24) is 14.6 Å². The molecule has 0 aliphatic heterocycles. The molecule has 2 aromatic rings. The van der Waals surface area contributed by atoms with E-state index < -0.39 is 5.60 Å². The van der Waals surface area contributed by atoms with Crippen LogP contribution < -0.4 is 5.32 Å². The van der Waals surface area contributed by atoms with Gasteiger partial charge in [-0.15, -0.1) is 5.10 Å². The number of nitrogens with zero attached hydrogens (tertiary/aromatic N) is 3. The van der Waals surface area contributed by atoms with Gasteiger partial charge in [0.2, 0.25) is 5.95 Å². The van der Waals surface area contributed by atoms with Gasteiger partial charge in [0.1, 0.15) is 0 Å². The van der Waals surface area contributed by atoms with Crippen LogP contribution in [0, 0.1) is 0 Å². The maximum atomic E-state index is 9.94. The summed E-state index contributed by atoms with van der Waals surface area (Å²) in [5.74, 6) is 0.521. The molecular weight excluding hydrogens is 240 g/mol. The van der Waals surface area contributed by atoms with E-state index in [9.17, 15) is 5.11 Å². The van der Waals surface area contributed by atoms with Gasteiger partial charge in [-0.3, -0.25) is 0 Å². The molecule has 2 heterocycles. The van der Waals surface area contributed by atoms with Crippen LogP contribution in [-0.2, 0) is 0 Å². The summed E-state index contributed by atoms with van der Waals surface area (Å²) in [6.07, 6.45) is 4.48. The van der Waals surface area contributed by atoms with Gasteiger partial charge in [0.05, 0.1) is 10.6 Å². The van der Waals surface area contributed by atoms with Crippen molar-refractivity contribution in [3.63, 3.8) is 0 Å². The van der Waals surface area contributed by atoms with E-state index >= 15 is 0 Å². The molecule has 0 spiro atoms. The second kappa shape index (κ2) is 3.85. The molecule has 0 aromatic carbocycles. The molecule has 90 valence electrons. The minimum atomic E-state index is -0.574. The van der Waals surface area contributed by atoms with Crippen molar-refractivity contribution in [2.45, 2.75) is 24.9 Å². The second-order valence-corrected chi connectivity index (χ2v) is 4.95. The van der Waals surface area contributed by atoms with E-state index in [-0.39, 0.29) is 0 Å². The topological polar surface area (TPSA) is 62.5 Å². The number of anilines is 1. The summed E-state index contributed by atoms with van der Waals surface area (Å²) in [5.41, 5.74) is 0.160. The number of nitrogens with one attached hydrogen (secondary N) is 1. The highest BCUT2D eigenvalue weighted by atomic mass is 35.5. The van der Waals surface area contributed by atoms with E-state index in [0.29, 0.717) is 17.5 Å². The summed E-state index contributed by atoms with van der Waals surface area (Å²) in [4.78, 5) is 4.29. The van der Waals surface area contributed by atoms with E-state index in [2.05, 4.69) is 15.4 Å². The smallest absolute Gasteiger partial charge is 0.243 e. The van der Waals surface area contributed by atoms with Crippen molar-refractivity contribution in [2.75, 3.05) is 11.9 Å². The third kappa shape index (κ3) is 2.08. The van der Waals surface area contributed by atoms with Gasteiger partial charge in [-0.2, -0.15) is 4.98 Å². The number of rotatable bonds is 3. The van der Waals surface area contributed by atoms with E-state index in [1.54, 1.807) is 22.8 Å². The normalized spacial score (nSPS) is 18.0. The monoisotopic (exact) mass is 252 g/mol. The Labute approximate surface area is 103 Å². The summed E-state index contributed by atoms with van der Waals surface area (Å²) in [7, 11) is 0. The van der Waals surface area contributed by atoms with E-state index in [4.69, 9.17) is 11.6 Å². The molecule has 1 aliphatic rings. The highest BCUT2D eigenvalue weighted by Gasteiger charge is 2.34. The molecule has 0 unspecified atom stereocenters. The number of fused-ring (bicyclic) bond motifs is 1. The summed E-state index contributed by atoms with van der Waals surface area (Å²) in [6.45, 7) is 0.498. The Balaban J connectivity index is 1.76. The van der Waals surface area contributed by atoms with Crippen LogP contribution in [0.25, 0.3) is 5.65 Å². The van der Waals surface area contributed by atoms with Gasteiger partial charge in [0, 0.05) is 12.7 Å². The molecule has 2 aromatic heterocycles. The molecule has 3 rings (SSSR count). The van der Waals surface area contributed by atoms with Gasteiger partial charge in [-0.05, 0) is 31.4 Å². The second-order valence-electron chi connectivity index (χ2n) is 4.52. The number of aliphatic hydroxyl groups is 1. The van der Waals surface area contributed by atoms with Crippen molar-refractivity contribution in [1.29, 1.82) is 0 Å². The van der Waals surface area contributed by atoms with Crippen LogP contribution in [0.2, 0.25) is 5.02 Å². The molecule has 5 nitrogen and oxygen atoms in total. The van der Waals surface area contributed by atoms with Crippen LogP contribution in [0.3, 0.4) is 0 Å². The minimum absolute atomic E-state index is 0.498. The summed E-state index contributed by atoms with van der Waals surface area (Å²) in [5, 5.41) is 17.9. The number of aromatic nitrogens is 3. The lowest BCUT2D eigenvalue weighted by Crippen LogP contribution is -2.43. The van der Waals surface area contributed by atoms with Crippen molar-refractivity contribution in [2.24, 2.45) is 0 Å². The fourth-order valence-corrected chi connectivity index (χ4v) is 2.09. The number of pyridine rings is 1. The lowest BCUT2D eigenvalue weighted by Gasteiger charge is -2.36. The Kier molecular flexibility index (Phi) is 2.45. The molecule has 1 saturated carbocycles. The van der Waals surface area contributed by atoms with Gasteiger partial charge >= 0.3 is 0 Å². The highest BCUT2D eigenvalue weighted by Crippen LogP contribution is 2.31. The van der Waals surface area contributed by atoms with Gasteiger partial charge in [-0.1, -0.05) is 11.6 Å². The first-order valence-corrected chi connectivity index (χ1v) is 6.01. The predicted octanol–water partition coefficient (Wildman–Crippen LogP) is 1.71. The van der Waals surface area contributed by atoms with Gasteiger partial charge in [-0.25, -0.2) is 4.52 Å². The Morgan fingerprint density at radius 2 is 2.29 bits per heavy atom.